The lowest BCUT2D eigenvalue weighted by atomic mass is 10.2. The highest BCUT2D eigenvalue weighted by molar-refractivity contribution is 4.67. The molecule has 0 saturated heterocycles. The molecule has 3 heteroatoms. The van der Waals surface area contributed by atoms with Crippen LogP contribution in [0.4, 0.5) is 0 Å². The third-order valence-electron chi connectivity index (χ3n) is 1.87. The molecule has 76 valence electrons. The van der Waals surface area contributed by atoms with Crippen molar-refractivity contribution >= 4 is 0 Å². The van der Waals surface area contributed by atoms with Crippen LogP contribution in [0, 0.1) is 11.3 Å². The van der Waals surface area contributed by atoms with Crippen molar-refractivity contribution in [3.63, 3.8) is 0 Å². The average Bonchev–Trinajstić information content (AvgIpc) is 2.16. The molecule has 0 aliphatic carbocycles. The molecule has 0 radical (unpaired) electrons. The van der Waals surface area contributed by atoms with Crippen LogP contribution in [0.25, 0.3) is 0 Å². The van der Waals surface area contributed by atoms with Crippen molar-refractivity contribution in [1.29, 1.82) is 5.26 Å². The average molecular weight is 183 g/mol. The maximum atomic E-state index is 8.29. The zero-order valence-corrected chi connectivity index (χ0v) is 8.60. The van der Waals surface area contributed by atoms with E-state index in [1.165, 1.54) is 12.8 Å². The van der Waals surface area contributed by atoms with Gasteiger partial charge in [-0.25, -0.2) is 0 Å². The minimum Gasteiger partial charge on any atom is -0.258 e. The highest BCUT2D eigenvalue weighted by Gasteiger charge is 1.88. The van der Waals surface area contributed by atoms with Gasteiger partial charge in [0.2, 0.25) is 0 Å². The molecule has 0 bridgehead atoms. The Kier molecular flexibility index (Phi) is 10.9. The van der Waals surface area contributed by atoms with Crippen LogP contribution in [0.1, 0.15) is 45.4 Å². The van der Waals surface area contributed by atoms with Crippen molar-refractivity contribution in [3.8, 4) is 6.07 Å². The Morgan fingerprint density at radius 2 is 1.69 bits per heavy atom. The Morgan fingerprint density at radius 1 is 1.00 bits per heavy atom. The predicted molar refractivity (Wildman–Crippen MR) is 55.0 cm³/mol. The van der Waals surface area contributed by atoms with Crippen molar-refractivity contribution in [2.24, 2.45) is 0 Å². The van der Waals surface area contributed by atoms with Crippen LogP contribution in [-0.2, 0) is 0 Å². The maximum absolute atomic E-state index is 8.29. The van der Waals surface area contributed by atoms with E-state index in [0.717, 1.165) is 32.4 Å². The molecule has 0 atom stereocenters. The number of hydrogen-bond donors (Lipinski definition) is 2. The van der Waals surface area contributed by atoms with Gasteiger partial charge in [-0.3, -0.25) is 10.9 Å². The van der Waals surface area contributed by atoms with Gasteiger partial charge in [0.15, 0.2) is 0 Å². The number of nitriles is 1. The third kappa shape index (κ3) is 11.4. The van der Waals surface area contributed by atoms with E-state index in [9.17, 15) is 0 Å². The van der Waals surface area contributed by atoms with E-state index >= 15 is 0 Å². The molecule has 0 aliphatic rings. The molecule has 0 fully saturated rings. The summed E-state index contributed by atoms with van der Waals surface area (Å²) in [6.45, 7) is 4.24. The first-order valence-electron chi connectivity index (χ1n) is 5.24. The number of nitrogens with one attached hydrogen (secondary N) is 2. The van der Waals surface area contributed by atoms with E-state index in [-0.39, 0.29) is 0 Å². The fourth-order valence-electron chi connectivity index (χ4n) is 1.04. The van der Waals surface area contributed by atoms with Crippen LogP contribution in [-0.4, -0.2) is 13.1 Å². The summed E-state index contributed by atoms with van der Waals surface area (Å²) in [5.41, 5.74) is 6.33. The summed E-state index contributed by atoms with van der Waals surface area (Å²) in [7, 11) is 0. The number of unbranched alkanes of at least 4 members (excludes halogenated alkanes) is 4. The zero-order valence-electron chi connectivity index (χ0n) is 8.60. The minimum atomic E-state index is 0.698. The lowest BCUT2D eigenvalue weighted by molar-refractivity contribution is 0.498. The first kappa shape index (κ1) is 12.4. The summed E-state index contributed by atoms with van der Waals surface area (Å²) in [5.74, 6) is 0. The normalized spacial score (nSPS) is 9.85. The Morgan fingerprint density at radius 3 is 2.31 bits per heavy atom. The van der Waals surface area contributed by atoms with E-state index in [1.54, 1.807) is 0 Å². The van der Waals surface area contributed by atoms with Gasteiger partial charge in [-0.1, -0.05) is 19.8 Å². The van der Waals surface area contributed by atoms with Gasteiger partial charge in [-0.05, 0) is 19.3 Å². The molecule has 3 nitrogen and oxygen atoms in total. The van der Waals surface area contributed by atoms with E-state index in [1.807, 2.05) is 0 Å². The molecule has 0 aliphatic heterocycles. The van der Waals surface area contributed by atoms with E-state index in [4.69, 9.17) is 5.26 Å². The van der Waals surface area contributed by atoms with E-state index in [2.05, 4.69) is 23.8 Å². The molecule has 0 unspecified atom stereocenters. The van der Waals surface area contributed by atoms with Crippen LogP contribution >= 0.6 is 0 Å². The quantitative estimate of drug-likeness (QED) is 0.424. The lowest BCUT2D eigenvalue weighted by Gasteiger charge is -2.05. The number of rotatable bonds is 9. The second-order valence-electron chi connectivity index (χ2n) is 3.18. The molecule has 0 aromatic carbocycles. The number of hydrazine groups is 1. The first-order chi connectivity index (χ1) is 6.41. The van der Waals surface area contributed by atoms with E-state index in [0.29, 0.717) is 6.42 Å². The molecule has 0 saturated carbocycles. The molecular weight excluding hydrogens is 162 g/mol. The molecule has 0 amide bonds. The van der Waals surface area contributed by atoms with Gasteiger partial charge in [0, 0.05) is 19.5 Å². The summed E-state index contributed by atoms with van der Waals surface area (Å²) >= 11 is 0. The van der Waals surface area contributed by atoms with Gasteiger partial charge in [-0.2, -0.15) is 5.26 Å². The first-order valence-corrected chi connectivity index (χ1v) is 5.24. The van der Waals surface area contributed by atoms with Crippen LogP contribution in [0.15, 0.2) is 0 Å². The van der Waals surface area contributed by atoms with Crippen molar-refractivity contribution in [3.05, 3.63) is 0 Å². The lowest BCUT2D eigenvalue weighted by Crippen LogP contribution is -2.33. The molecule has 2 N–H and O–H groups in total. The number of hydrogen-bond acceptors (Lipinski definition) is 3. The van der Waals surface area contributed by atoms with Gasteiger partial charge in [-0.15, -0.1) is 0 Å². The van der Waals surface area contributed by atoms with Crippen LogP contribution in [0.3, 0.4) is 0 Å². The molecule has 0 aromatic heterocycles. The molecule has 0 aromatic rings. The summed E-state index contributed by atoms with van der Waals surface area (Å²) in [4.78, 5) is 0. The summed E-state index contributed by atoms with van der Waals surface area (Å²) in [5, 5.41) is 8.29. The van der Waals surface area contributed by atoms with Gasteiger partial charge < -0.3 is 0 Å². The van der Waals surface area contributed by atoms with Gasteiger partial charge in [0.05, 0.1) is 6.07 Å². The number of nitrogens with zero attached hydrogens (tertiary/aromatic N) is 1. The van der Waals surface area contributed by atoms with Crippen LogP contribution < -0.4 is 10.9 Å². The third-order valence-corrected chi connectivity index (χ3v) is 1.87. The highest BCUT2D eigenvalue weighted by atomic mass is 15.3. The van der Waals surface area contributed by atoms with Gasteiger partial charge in [0.1, 0.15) is 0 Å². The van der Waals surface area contributed by atoms with Gasteiger partial charge >= 0.3 is 0 Å². The Hall–Kier alpha value is -0.590. The van der Waals surface area contributed by atoms with Gasteiger partial charge in [0.25, 0.3) is 0 Å². The van der Waals surface area contributed by atoms with Crippen molar-refractivity contribution < 1.29 is 0 Å². The SMILES string of the molecule is CCCCNNCCCCCC#N. The molecule has 13 heavy (non-hydrogen) atoms. The predicted octanol–water partition coefficient (Wildman–Crippen LogP) is 1.96. The zero-order chi connectivity index (χ0) is 9.78. The Balaban J connectivity index is 2.80. The summed E-state index contributed by atoms with van der Waals surface area (Å²) in [6.07, 6.45) is 6.49. The monoisotopic (exact) mass is 183 g/mol. The fourth-order valence-corrected chi connectivity index (χ4v) is 1.04. The van der Waals surface area contributed by atoms with Crippen LogP contribution in [0.2, 0.25) is 0 Å². The summed E-state index contributed by atoms with van der Waals surface area (Å²) in [6, 6.07) is 2.15. The van der Waals surface area contributed by atoms with Crippen LogP contribution in [0.5, 0.6) is 0 Å². The maximum Gasteiger partial charge on any atom is 0.0621 e. The topological polar surface area (TPSA) is 47.8 Å². The minimum absolute atomic E-state index is 0.698. The summed E-state index contributed by atoms with van der Waals surface area (Å²) < 4.78 is 0. The van der Waals surface area contributed by atoms with E-state index < -0.39 is 0 Å². The van der Waals surface area contributed by atoms with Crippen molar-refractivity contribution in [2.45, 2.75) is 45.4 Å². The molecule has 0 spiro atoms. The second kappa shape index (κ2) is 11.4. The van der Waals surface area contributed by atoms with Crippen molar-refractivity contribution in [1.82, 2.24) is 10.9 Å². The highest BCUT2D eigenvalue weighted by Crippen LogP contribution is 1.96. The Labute approximate surface area is 81.5 Å². The molecule has 0 rings (SSSR count). The standard InChI is InChI=1S/C10H21N3/c1-2-3-9-12-13-10-7-5-4-6-8-11/h12-13H,2-7,9-10H2,1H3. The smallest absolute Gasteiger partial charge is 0.0621 e. The molecular formula is C10H21N3. The second-order valence-corrected chi connectivity index (χ2v) is 3.18. The Bertz CT molecular complexity index is 129. The largest absolute Gasteiger partial charge is 0.258 e. The molecule has 0 heterocycles. The fraction of sp³-hybridized carbons (Fsp3) is 0.900. The van der Waals surface area contributed by atoms with Crippen molar-refractivity contribution in [2.75, 3.05) is 13.1 Å².